The Morgan fingerprint density at radius 1 is 1.44 bits per heavy atom. The molecule has 1 aromatic carbocycles. The van der Waals surface area contributed by atoms with Crippen molar-refractivity contribution in [1.29, 1.82) is 0 Å². The largest absolute Gasteiger partial charge is 0.375 e. The first-order chi connectivity index (χ1) is 8.69. The number of hydrogen-bond donors (Lipinski definition) is 1. The van der Waals surface area contributed by atoms with Gasteiger partial charge in [-0.25, -0.2) is 4.98 Å². The third-order valence-corrected chi connectivity index (χ3v) is 2.80. The van der Waals surface area contributed by atoms with Crippen molar-refractivity contribution >= 4 is 28.5 Å². The molecule has 1 heterocycles. The first kappa shape index (κ1) is 12.3. The molecule has 2 N–H and O–H groups in total. The van der Waals surface area contributed by atoms with Crippen LogP contribution < -0.4 is 10.6 Å². The highest BCUT2D eigenvalue weighted by Crippen LogP contribution is 2.14. The fraction of sp³-hybridized carbons (Fsp3) is 0.0833. The van der Waals surface area contributed by atoms with Crippen molar-refractivity contribution < 1.29 is 9.63 Å². The number of hydrogen-bond acceptors (Lipinski definition) is 6. The Morgan fingerprint density at radius 2 is 2.17 bits per heavy atom. The zero-order chi connectivity index (χ0) is 13.0. The van der Waals surface area contributed by atoms with Crippen molar-refractivity contribution in [1.82, 2.24) is 4.98 Å². The average molecular weight is 260 g/mol. The van der Waals surface area contributed by atoms with E-state index in [9.17, 15) is 4.79 Å². The second-order valence-corrected chi connectivity index (χ2v) is 4.41. The first-order valence-corrected chi connectivity index (χ1v) is 5.98. The van der Waals surface area contributed by atoms with Crippen molar-refractivity contribution in [3.63, 3.8) is 0 Å². The highest BCUT2D eigenvalue weighted by molar-refractivity contribution is 7.13. The summed E-state index contributed by atoms with van der Waals surface area (Å²) in [6.45, 7) is 1.97. The van der Waals surface area contributed by atoms with Crippen LogP contribution in [0.5, 0.6) is 5.75 Å². The van der Waals surface area contributed by atoms with Crippen LogP contribution in [0.1, 0.15) is 11.3 Å². The molecule has 0 aliphatic heterocycles. The third kappa shape index (κ3) is 2.92. The number of thiazole rings is 1. The van der Waals surface area contributed by atoms with Gasteiger partial charge in [-0.15, -0.1) is 11.3 Å². The lowest BCUT2D eigenvalue weighted by Gasteiger charge is -1.99. The molecule has 0 aliphatic rings. The number of nitrogen functional groups attached to an aromatic ring is 1. The molecule has 0 atom stereocenters. The van der Waals surface area contributed by atoms with E-state index in [0.717, 1.165) is 5.56 Å². The maximum atomic E-state index is 10.8. The van der Waals surface area contributed by atoms with Gasteiger partial charge in [0.05, 0.1) is 0 Å². The van der Waals surface area contributed by atoms with Gasteiger partial charge in [-0.2, -0.15) is 0 Å². The molecule has 1 aromatic heterocycles. The Labute approximate surface area is 108 Å². The van der Waals surface area contributed by atoms with E-state index in [1.165, 1.54) is 11.3 Å². The highest BCUT2D eigenvalue weighted by atomic mass is 32.1. The number of aromatic nitrogens is 1. The lowest BCUT2D eigenvalue weighted by Crippen LogP contribution is -2.05. The van der Waals surface area contributed by atoms with Crippen LogP contribution in [0, 0.1) is 6.92 Å². The minimum atomic E-state index is -0.0106. The van der Waals surface area contributed by atoms with E-state index in [1.807, 2.05) is 19.1 Å². The molecule has 0 spiro atoms. The van der Waals surface area contributed by atoms with Crippen LogP contribution in [0.3, 0.4) is 0 Å². The summed E-state index contributed by atoms with van der Waals surface area (Å²) < 4.78 is 0. The molecule has 91 valence electrons. The van der Waals surface area contributed by atoms with E-state index in [0.29, 0.717) is 16.6 Å². The smallest absolute Gasteiger partial charge is 0.259 e. The van der Waals surface area contributed by atoms with Crippen LogP contribution >= 0.6 is 11.3 Å². The summed E-state index contributed by atoms with van der Waals surface area (Å²) in [6.07, 6.45) is 1.68. The molecule has 18 heavy (non-hydrogen) atoms. The van der Waals surface area contributed by atoms with Gasteiger partial charge in [0.2, 0.25) is 0 Å². The molecular weight excluding hydrogens is 250 g/mol. The summed E-state index contributed by atoms with van der Waals surface area (Å²) in [5, 5.41) is 5.69. The van der Waals surface area contributed by atoms with Crippen LogP contribution in [0.4, 0.5) is 5.13 Å². The van der Waals surface area contributed by atoms with E-state index in [2.05, 4.69) is 10.1 Å². The Hall–Kier alpha value is -2.21. The van der Waals surface area contributed by atoms with Crippen molar-refractivity contribution in [3.05, 3.63) is 40.9 Å². The van der Waals surface area contributed by atoms with Gasteiger partial charge in [0.25, 0.3) is 6.29 Å². The summed E-state index contributed by atoms with van der Waals surface area (Å²) >= 11 is 1.22. The summed E-state index contributed by atoms with van der Waals surface area (Å²) in [5.41, 5.74) is 6.94. The van der Waals surface area contributed by atoms with Crippen molar-refractivity contribution in [3.8, 4) is 5.75 Å². The van der Waals surface area contributed by atoms with E-state index in [4.69, 9.17) is 10.6 Å². The van der Waals surface area contributed by atoms with Crippen molar-refractivity contribution in [2.24, 2.45) is 5.16 Å². The molecule has 2 aromatic rings. The molecule has 0 fully saturated rings. The second-order valence-electron chi connectivity index (χ2n) is 3.52. The summed E-state index contributed by atoms with van der Waals surface area (Å²) in [4.78, 5) is 19.8. The third-order valence-electron chi connectivity index (χ3n) is 2.12. The second kappa shape index (κ2) is 5.42. The predicted octanol–water partition coefficient (Wildman–Crippen LogP) is 1.93. The molecule has 0 amide bonds. The van der Waals surface area contributed by atoms with Gasteiger partial charge in [0.1, 0.15) is 5.69 Å². The van der Waals surface area contributed by atoms with E-state index in [1.54, 1.807) is 23.8 Å². The molecule has 0 aliphatic carbocycles. The van der Waals surface area contributed by atoms with E-state index >= 15 is 0 Å². The summed E-state index contributed by atoms with van der Waals surface area (Å²) in [5.74, 6) is 0.538. The van der Waals surface area contributed by atoms with Crippen LogP contribution in [0.2, 0.25) is 0 Å². The van der Waals surface area contributed by atoms with Crippen LogP contribution in [0.25, 0.3) is 0 Å². The van der Waals surface area contributed by atoms with Crippen LogP contribution in [-0.4, -0.2) is 17.0 Å². The number of aryl methyl sites for hydroxylation is 1. The highest BCUT2D eigenvalue weighted by Gasteiger charge is 2.08. The van der Waals surface area contributed by atoms with Gasteiger partial charge >= 0.3 is 0 Å². The predicted molar refractivity (Wildman–Crippen MR) is 70.6 cm³/mol. The topological polar surface area (TPSA) is 77.6 Å². The molecule has 0 saturated carbocycles. The van der Waals surface area contributed by atoms with Gasteiger partial charge < -0.3 is 10.6 Å². The zero-order valence-corrected chi connectivity index (χ0v) is 10.4. The van der Waals surface area contributed by atoms with Gasteiger partial charge in [-0.1, -0.05) is 22.9 Å². The Balaban J connectivity index is 2.15. The van der Waals surface area contributed by atoms with E-state index < -0.39 is 0 Å². The van der Waals surface area contributed by atoms with Gasteiger partial charge in [0, 0.05) is 5.38 Å². The van der Waals surface area contributed by atoms with E-state index in [-0.39, 0.29) is 5.71 Å². The maximum absolute atomic E-state index is 10.8. The van der Waals surface area contributed by atoms with Crippen molar-refractivity contribution in [2.45, 2.75) is 6.92 Å². The molecular formula is C12H10N3O2S. The summed E-state index contributed by atoms with van der Waals surface area (Å²) in [6, 6.07) is 7.29. The number of oxime groups is 1. The fourth-order valence-corrected chi connectivity index (χ4v) is 1.76. The SMILES string of the molecule is Cc1ccc(O/N=C(/[C]=O)c2csc(N)n2)cc1. The Bertz CT molecular complexity index is 575. The normalized spacial score (nSPS) is 11.3. The molecule has 5 nitrogen and oxygen atoms in total. The Kier molecular flexibility index (Phi) is 3.69. The number of benzene rings is 1. The van der Waals surface area contributed by atoms with Gasteiger partial charge in [-0.05, 0) is 19.1 Å². The lowest BCUT2D eigenvalue weighted by atomic mass is 10.2. The first-order valence-electron chi connectivity index (χ1n) is 5.10. The number of nitrogens with two attached hydrogens (primary N) is 1. The minimum Gasteiger partial charge on any atom is -0.375 e. The van der Waals surface area contributed by atoms with Gasteiger partial charge in [0.15, 0.2) is 16.6 Å². The zero-order valence-electron chi connectivity index (χ0n) is 9.58. The molecule has 0 saturated heterocycles. The molecule has 6 heteroatoms. The molecule has 0 unspecified atom stereocenters. The quantitative estimate of drug-likeness (QED) is 0.673. The van der Waals surface area contributed by atoms with Crippen LogP contribution in [-0.2, 0) is 4.79 Å². The molecule has 0 bridgehead atoms. The fourth-order valence-electron chi connectivity index (χ4n) is 1.21. The number of anilines is 1. The number of rotatable bonds is 4. The minimum absolute atomic E-state index is 0.0106. The maximum Gasteiger partial charge on any atom is 0.259 e. The number of nitrogens with zero attached hydrogens (tertiary/aromatic N) is 2. The Morgan fingerprint density at radius 3 is 2.72 bits per heavy atom. The number of carbonyl (C=O) groups excluding carboxylic acids is 1. The van der Waals surface area contributed by atoms with Crippen LogP contribution in [0.15, 0.2) is 34.8 Å². The van der Waals surface area contributed by atoms with Gasteiger partial charge in [-0.3, -0.25) is 4.79 Å². The monoisotopic (exact) mass is 260 g/mol. The molecule has 1 radical (unpaired) electrons. The lowest BCUT2D eigenvalue weighted by molar-refractivity contribution is 0.342. The molecule has 2 rings (SSSR count). The summed E-state index contributed by atoms with van der Waals surface area (Å²) in [7, 11) is 0. The standard InChI is InChI=1S/C12H10N3O2S/c1-8-2-4-9(5-3-8)17-15-10(6-16)11-7-18-12(13)14-11/h2-5,7H,1H3,(H2,13,14)/b15-10-. The van der Waals surface area contributed by atoms with Crippen molar-refractivity contribution in [2.75, 3.05) is 5.73 Å². The average Bonchev–Trinajstić information content (AvgIpc) is 2.79.